The van der Waals surface area contributed by atoms with Crippen LogP contribution in [0.25, 0.3) is 0 Å². The second kappa shape index (κ2) is 11.2. The van der Waals surface area contributed by atoms with Crippen LogP contribution >= 0.6 is 11.6 Å². The summed E-state index contributed by atoms with van der Waals surface area (Å²) < 4.78 is 37.4. The fourth-order valence-electron chi connectivity index (χ4n) is 3.26. The Labute approximate surface area is 213 Å². The molecule has 0 aromatic heterocycles. The second-order valence-corrected chi connectivity index (χ2v) is 9.89. The predicted octanol–water partition coefficient (Wildman–Crippen LogP) is 4.06. The molecule has 3 rings (SSSR count). The van der Waals surface area contributed by atoms with Gasteiger partial charge in [-0.15, -0.1) is 0 Å². The molecule has 0 spiro atoms. The number of halogens is 1. The first-order chi connectivity index (χ1) is 17.1. The Morgan fingerprint density at radius 2 is 1.50 bits per heavy atom. The van der Waals surface area contributed by atoms with Crippen LogP contribution in [0.2, 0.25) is 5.02 Å². The zero-order valence-electron chi connectivity index (χ0n) is 19.6. The zero-order valence-corrected chi connectivity index (χ0v) is 21.2. The summed E-state index contributed by atoms with van der Waals surface area (Å²) in [6.07, 6.45) is 0. The van der Waals surface area contributed by atoms with Crippen LogP contribution in [0.15, 0.2) is 71.6 Å². The number of methoxy groups -OCH3 is 2. The van der Waals surface area contributed by atoms with E-state index in [2.05, 4.69) is 5.32 Å². The Morgan fingerprint density at radius 1 is 0.889 bits per heavy atom. The van der Waals surface area contributed by atoms with E-state index in [9.17, 15) is 22.8 Å². The number of amides is 1. The maximum atomic E-state index is 13.5. The van der Waals surface area contributed by atoms with Gasteiger partial charge in [-0.2, -0.15) is 0 Å². The number of ether oxygens (including phenoxy) is 2. The van der Waals surface area contributed by atoms with Gasteiger partial charge in [0.15, 0.2) is 0 Å². The summed E-state index contributed by atoms with van der Waals surface area (Å²) in [6.45, 7) is 1.18. The molecule has 0 radical (unpaired) electrons. The molecule has 0 aliphatic rings. The highest BCUT2D eigenvalue weighted by molar-refractivity contribution is 7.92. The molecule has 0 aliphatic carbocycles. The highest BCUT2D eigenvalue weighted by Gasteiger charge is 2.28. The summed E-state index contributed by atoms with van der Waals surface area (Å²) in [5.41, 5.74) is 1.07. The quantitative estimate of drug-likeness (QED) is 0.436. The Hall–Kier alpha value is -3.89. The molecule has 0 aliphatic heterocycles. The average Bonchev–Trinajstić information content (AvgIpc) is 2.87. The van der Waals surface area contributed by atoms with Crippen molar-refractivity contribution in [2.45, 2.75) is 11.8 Å². The molecule has 1 N–H and O–H groups in total. The number of carbonyl (C=O) groups excluding carboxylic acids is 3. The van der Waals surface area contributed by atoms with Crippen molar-refractivity contribution < 1.29 is 32.3 Å². The molecule has 0 fully saturated rings. The number of nitrogens with one attached hydrogen (secondary N) is 1. The number of hydrogen-bond acceptors (Lipinski definition) is 7. The fourth-order valence-corrected chi connectivity index (χ4v) is 4.81. The first-order valence-electron chi connectivity index (χ1n) is 10.5. The Balaban J connectivity index is 2.00. The third-order valence-corrected chi connectivity index (χ3v) is 7.17. The number of benzene rings is 3. The van der Waals surface area contributed by atoms with Crippen LogP contribution in [0.4, 0.5) is 11.4 Å². The molecule has 3 aromatic rings. The minimum absolute atomic E-state index is 0.0150. The summed E-state index contributed by atoms with van der Waals surface area (Å²) in [7, 11) is -1.81. The van der Waals surface area contributed by atoms with Crippen molar-refractivity contribution in [3.8, 4) is 0 Å². The molecule has 0 saturated heterocycles. The van der Waals surface area contributed by atoms with E-state index < -0.39 is 34.4 Å². The fraction of sp³-hybridized carbons (Fsp3) is 0.160. The van der Waals surface area contributed by atoms with Crippen molar-refractivity contribution in [2.24, 2.45) is 0 Å². The Morgan fingerprint density at radius 3 is 2.08 bits per heavy atom. The molecule has 188 valence electrons. The monoisotopic (exact) mass is 530 g/mol. The van der Waals surface area contributed by atoms with Crippen LogP contribution in [0.5, 0.6) is 0 Å². The van der Waals surface area contributed by atoms with Gasteiger partial charge in [-0.25, -0.2) is 18.0 Å². The number of aryl methyl sites for hydroxylation is 1. The molecule has 9 nitrogen and oxygen atoms in total. The van der Waals surface area contributed by atoms with Crippen molar-refractivity contribution in [1.82, 2.24) is 0 Å². The SMILES string of the molecule is COC(=O)c1ccc(C(=O)OC)c(NC(=O)CN(c2ccc(Cl)cc2)S(=O)(=O)c2ccc(C)cc2)c1. The third kappa shape index (κ3) is 6.02. The normalized spacial score (nSPS) is 10.9. The highest BCUT2D eigenvalue weighted by Crippen LogP contribution is 2.26. The number of carbonyl (C=O) groups is 3. The molecular formula is C25H23ClN2O7S. The number of sulfonamides is 1. The summed E-state index contributed by atoms with van der Waals surface area (Å²) in [4.78, 5) is 37.2. The van der Waals surface area contributed by atoms with Crippen molar-refractivity contribution in [2.75, 3.05) is 30.4 Å². The summed E-state index contributed by atoms with van der Waals surface area (Å²) in [6, 6.07) is 16.0. The minimum atomic E-state index is -4.16. The molecule has 1 amide bonds. The summed E-state index contributed by atoms with van der Waals surface area (Å²) in [5.74, 6) is -2.22. The minimum Gasteiger partial charge on any atom is -0.465 e. The van der Waals surface area contributed by atoms with Gasteiger partial charge in [-0.05, 0) is 61.5 Å². The standard InChI is InChI=1S/C25H23ClN2O7S/c1-16-4-11-20(12-5-16)36(32,33)28(19-9-7-18(26)8-10-19)15-23(29)27-22-14-17(24(30)34-2)6-13-21(22)25(31)35-3/h4-14H,15H2,1-3H3,(H,27,29). The maximum absolute atomic E-state index is 13.5. The van der Waals surface area contributed by atoms with Crippen molar-refractivity contribution in [3.05, 3.63) is 88.4 Å². The molecule has 3 aromatic carbocycles. The van der Waals surface area contributed by atoms with E-state index in [-0.39, 0.29) is 27.4 Å². The molecule has 0 bridgehead atoms. The van der Waals surface area contributed by atoms with Crippen LogP contribution in [0.1, 0.15) is 26.3 Å². The molecule has 11 heteroatoms. The Kier molecular flexibility index (Phi) is 8.33. The highest BCUT2D eigenvalue weighted by atomic mass is 35.5. The molecule has 0 unspecified atom stereocenters. The van der Waals surface area contributed by atoms with E-state index in [0.717, 1.165) is 9.87 Å². The first kappa shape index (κ1) is 26.7. The lowest BCUT2D eigenvalue weighted by molar-refractivity contribution is -0.114. The summed E-state index contributed by atoms with van der Waals surface area (Å²) >= 11 is 5.96. The topological polar surface area (TPSA) is 119 Å². The van der Waals surface area contributed by atoms with E-state index in [1.54, 1.807) is 12.1 Å². The average molecular weight is 531 g/mol. The van der Waals surface area contributed by atoms with E-state index in [0.29, 0.717) is 5.02 Å². The molecule has 0 saturated carbocycles. The summed E-state index contributed by atoms with van der Waals surface area (Å²) in [5, 5.41) is 2.90. The van der Waals surface area contributed by atoms with Crippen LogP contribution in [0, 0.1) is 6.92 Å². The molecule has 36 heavy (non-hydrogen) atoms. The van der Waals surface area contributed by atoms with E-state index in [1.165, 1.54) is 68.8 Å². The van der Waals surface area contributed by atoms with Gasteiger partial charge in [0.1, 0.15) is 6.54 Å². The van der Waals surface area contributed by atoms with Gasteiger partial charge in [-0.1, -0.05) is 29.3 Å². The number of rotatable bonds is 8. The van der Waals surface area contributed by atoms with Gasteiger partial charge in [0.05, 0.1) is 41.6 Å². The first-order valence-corrected chi connectivity index (χ1v) is 12.3. The van der Waals surface area contributed by atoms with E-state index >= 15 is 0 Å². The lowest BCUT2D eigenvalue weighted by Gasteiger charge is -2.24. The van der Waals surface area contributed by atoms with Gasteiger partial charge < -0.3 is 14.8 Å². The van der Waals surface area contributed by atoms with Gasteiger partial charge >= 0.3 is 11.9 Å². The third-order valence-electron chi connectivity index (χ3n) is 5.13. The van der Waals surface area contributed by atoms with Crippen LogP contribution in [-0.4, -0.2) is 47.0 Å². The Bertz CT molecular complexity index is 1390. The number of hydrogen-bond donors (Lipinski definition) is 1. The van der Waals surface area contributed by atoms with Crippen LogP contribution in [0.3, 0.4) is 0 Å². The van der Waals surface area contributed by atoms with Gasteiger partial charge in [0.2, 0.25) is 5.91 Å². The molecule has 0 heterocycles. The molecular weight excluding hydrogens is 508 g/mol. The largest absolute Gasteiger partial charge is 0.465 e. The van der Waals surface area contributed by atoms with Gasteiger partial charge in [0, 0.05) is 5.02 Å². The van der Waals surface area contributed by atoms with Gasteiger partial charge in [0.25, 0.3) is 10.0 Å². The van der Waals surface area contributed by atoms with E-state index in [1.807, 2.05) is 6.92 Å². The van der Waals surface area contributed by atoms with Crippen LogP contribution < -0.4 is 9.62 Å². The van der Waals surface area contributed by atoms with Crippen molar-refractivity contribution >= 4 is 50.8 Å². The van der Waals surface area contributed by atoms with E-state index in [4.69, 9.17) is 21.1 Å². The van der Waals surface area contributed by atoms with Gasteiger partial charge in [-0.3, -0.25) is 9.10 Å². The number of nitrogens with zero attached hydrogens (tertiary/aromatic N) is 1. The molecule has 0 atom stereocenters. The number of esters is 2. The number of anilines is 2. The predicted molar refractivity (Wildman–Crippen MR) is 135 cm³/mol. The van der Waals surface area contributed by atoms with Crippen molar-refractivity contribution in [3.63, 3.8) is 0 Å². The lowest BCUT2D eigenvalue weighted by atomic mass is 10.1. The van der Waals surface area contributed by atoms with Crippen molar-refractivity contribution in [1.29, 1.82) is 0 Å². The van der Waals surface area contributed by atoms with Crippen LogP contribution in [-0.2, 0) is 24.3 Å². The second-order valence-electron chi connectivity index (χ2n) is 7.59. The smallest absolute Gasteiger partial charge is 0.339 e. The zero-order chi connectivity index (χ0) is 26.5. The maximum Gasteiger partial charge on any atom is 0.339 e. The lowest BCUT2D eigenvalue weighted by Crippen LogP contribution is -2.38.